The SMILES string of the molecule is O=[N+]([O-])OCc1cccc(CO[N+](=O)[O-])n1. The molecule has 0 fully saturated rings. The van der Waals surface area contributed by atoms with E-state index < -0.39 is 10.2 Å². The fraction of sp³-hybridized carbons (Fsp3) is 0.286. The summed E-state index contributed by atoms with van der Waals surface area (Å²) < 4.78 is 0. The van der Waals surface area contributed by atoms with Crippen molar-refractivity contribution in [1.82, 2.24) is 4.98 Å². The molecule has 0 unspecified atom stereocenters. The van der Waals surface area contributed by atoms with Crippen LogP contribution in [-0.4, -0.2) is 15.2 Å². The first-order valence-corrected chi connectivity index (χ1v) is 4.07. The quantitative estimate of drug-likeness (QED) is 0.514. The average molecular weight is 229 g/mol. The highest BCUT2D eigenvalue weighted by atomic mass is 17.0. The minimum Gasteiger partial charge on any atom is -0.307 e. The molecule has 0 atom stereocenters. The van der Waals surface area contributed by atoms with Gasteiger partial charge in [0.15, 0.2) is 0 Å². The highest BCUT2D eigenvalue weighted by molar-refractivity contribution is 5.09. The molecule has 1 aromatic heterocycles. The number of hydrogen-bond acceptors (Lipinski definition) is 7. The number of pyridine rings is 1. The summed E-state index contributed by atoms with van der Waals surface area (Å²) >= 11 is 0. The van der Waals surface area contributed by atoms with Crippen LogP contribution in [-0.2, 0) is 22.9 Å². The van der Waals surface area contributed by atoms with E-state index >= 15 is 0 Å². The summed E-state index contributed by atoms with van der Waals surface area (Å²) in [4.78, 5) is 31.9. The number of nitrogens with zero attached hydrogens (tertiary/aromatic N) is 3. The van der Waals surface area contributed by atoms with Crippen molar-refractivity contribution >= 4 is 0 Å². The van der Waals surface area contributed by atoms with Crippen molar-refractivity contribution in [3.8, 4) is 0 Å². The van der Waals surface area contributed by atoms with Crippen LogP contribution in [0.15, 0.2) is 18.2 Å². The van der Waals surface area contributed by atoms with E-state index in [2.05, 4.69) is 14.7 Å². The van der Waals surface area contributed by atoms with Crippen LogP contribution in [0.5, 0.6) is 0 Å². The molecule has 1 heterocycles. The highest BCUT2D eigenvalue weighted by Crippen LogP contribution is 2.02. The van der Waals surface area contributed by atoms with E-state index in [9.17, 15) is 20.2 Å². The molecule has 0 saturated heterocycles. The van der Waals surface area contributed by atoms with Crippen LogP contribution in [0.2, 0.25) is 0 Å². The Morgan fingerprint density at radius 1 is 1.06 bits per heavy atom. The van der Waals surface area contributed by atoms with Crippen LogP contribution >= 0.6 is 0 Å². The third-order valence-corrected chi connectivity index (χ3v) is 1.50. The Morgan fingerprint density at radius 2 is 1.50 bits per heavy atom. The largest absolute Gasteiger partial charge is 0.307 e. The smallest absolute Gasteiger partial charge is 0.294 e. The van der Waals surface area contributed by atoms with Crippen LogP contribution < -0.4 is 0 Å². The molecule has 0 aliphatic rings. The summed E-state index contributed by atoms with van der Waals surface area (Å²) in [5, 5.41) is 17.9. The van der Waals surface area contributed by atoms with E-state index in [1.165, 1.54) is 12.1 Å². The van der Waals surface area contributed by atoms with Crippen LogP contribution in [0.3, 0.4) is 0 Å². The zero-order valence-corrected chi connectivity index (χ0v) is 7.94. The van der Waals surface area contributed by atoms with E-state index in [1.54, 1.807) is 6.07 Å². The zero-order chi connectivity index (χ0) is 12.0. The van der Waals surface area contributed by atoms with Gasteiger partial charge in [0.1, 0.15) is 13.2 Å². The van der Waals surface area contributed by atoms with Gasteiger partial charge in [-0.25, -0.2) is 0 Å². The van der Waals surface area contributed by atoms with Gasteiger partial charge in [-0.3, -0.25) is 4.98 Å². The van der Waals surface area contributed by atoms with Gasteiger partial charge in [0, 0.05) is 0 Å². The fourth-order valence-corrected chi connectivity index (χ4v) is 0.928. The maximum Gasteiger partial charge on any atom is 0.294 e. The molecule has 0 radical (unpaired) electrons. The number of hydrogen-bond donors (Lipinski definition) is 0. The Bertz CT molecular complexity index is 362. The fourth-order valence-electron chi connectivity index (χ4n) is 0.928. The van der Waals surface area contributed by atoms with E-state index in [0.29, 0.717) is 11.4 Å². The molecule has 0 bridgehead atoms. The Morgan fingerprint density at radius 3 is 1.88 bits per heavy atom. The molecule has 0 saturated carbocycles. The van der Waals surface area contributed by atoms with Gasteiger partial charge in [0.05, 0.1) is 11.4 Å². The van der Waals surface area contributed by atoms with E-state index in [0.717, 1.165) is 0 Å². The summed E-state index contributed by atoms with van der Waals surface area (Å²) in [6.45, 7) is -0.612. The Balaban J connectivity index is 2.56. The molecular weight excluding hydrogens is 222 g/mol. The van der Waals surface area contributed by atoms with Crippen molar-refractivity contribution in [3.05, 3.63) is 49.8 Å². The maximum absolute atomic E-state index is 9.91. The van der Waals surface area contributed by atoms with Crippen molar-refractivity contribution in [2.24, 2.45) is 0 Å². The molecule has 86 valence electrons. The third kappa shape index (κ3) is 4.17. The second kappa shape index (κ2) is 5.44. The van der Waals surface area contributed by atoms with Gasteiger partial charge in [0.2, 0.25) is 0 Å². The lowest BCUT2D eigenvalue weighted by molar-refractivity contribution is -0.763. The van der Waals surface area contributed by atoms with Gasteiger partial charge < -0.3 is 9.68 Å². The Hall–Kier alpha value is -2.45. The molecular formula is C7H7N3O6. The second-order valence-electron chi connectivity index (χ2n) is 2.61. The lowest BCUT2D eigenvalue weighted by Crippen LogP contribution is -2.06. The number of rotatable bonds is 6. The maximum atomic E-state index is 9.91. The minimum absolute atomic E-state index is 0.293. The summed E-state index contributed by atoms with van der Waals surface area (Å²) in [5.74, 6) is 0. The molecule has 0 aliphatic heterocycles. The van der Waals surface area contributed by atoms with Crippen LogP contribution in [0.4, 0.5) is 0 Å². The number of aromatic nitrogens is 1. The van der Waals surface area contributed by atoms with Crippen molar-refractivity contribution in [3.63, 3.8) is 0 Å². The summed E-state index contributed by atoms with van der Waals surface area (Å²) in [6, 6.07) is 4.54. The van der Waals surface area contributed by atoms with E-state index in [4.69, 9.17) is 0 Å². The van der Waals surface area contributed by atoms with Gasteiger partial charge in [-0.15, -0.1) is 20.2 Å². The van der Waals surface area contributed by atoms with Crippen molar-refractivity contribution < 1.29 is 19.8 Å². The van der Waals surface area contributed by atoms with Gasteiger partial charge in [-0.05, 0) is 12.1 Å². The van der Waals surface area contributed by atoms with Gasteiger partial charge in [-0.1, -0.05) is 6.07 Å². The molecule has 0 aliphatic carbocycles. The predicted octanol–water partition coefficient (Wildman–Crippen LogP) is 0.498. The van der Waals surface area contributed by atoms with E-state index in [-0.39, 0.29) is 13.2 Å². The second-order valence-corrected chi connectivity index (χ2v) is 2.61. The monoisotopic (exact) mass is 229 g/mol. The van der Waals surface area contributed by atoms with Gasteiger partial charge >= 0.3 is 0 Å². The average Bonchev–Trinajstić information content (AvgIpc) is 2.24. The summed E-state index contributed by atoms with van der Waals surface area (Å²) in [5.41, 5.74) is 0.585. The Kier molecular flexibility index (Phi) is 3.95. The van der Waals surface area contributed by atoms with Crippen LogP contribution in [0.1, 0.15) is 11.4 Å². The molecule has 0 spiro atoms. The normalized spacial score (nSPS) is 9.50. The minimum atomic E-state index is -0.943. The molecule has 9 nitrogen and oxygen atoms in total. The molecule has 1 aromatic rings. The summed E-state index contributed by atoms with van der Waals surface area (Å²) in [6.07, 6.45) is 0. The lowest BCUT2D eigenvalue weighted by Gasteiger charge is -2.02. The molecule has 9 heteroatoms. The topological polar surface area (TPSA) is 118 Å². The summed E-state index contributed by atoms with van der Waals surface area (Å²) in [7, 11) is 0. The molecule has 0 aromatic carbocycles. The molecule has 0 amide bonds. The lowest BCUT2D eigenvalue weighted by atomic mass is 10.3. The van der Waals surface area contributed by atoms with Crippen molar-refractivity contribution in [2.45, 2.75) is 13.2 Å². The Labute approximate surface area is 88.8 Å². The van der Waals surface area contributed by atoms with Crippen molar-refractivity contribution in [2.75, 3.05) is 0 Å². The zero-order valence-electron chi connectivity index (χ0n) is 7.94. The predicted molar refractivity (Wildman–Crippen MR) is 47.8 cm³/mol. The van der Waals surface area contributed by atoms with Gasteiger partial charge in [-0.2, -0.15) is 0 Å². The van der Waals surface area contributed by atoms with Crippen LogP contribution in [0, 0.1) is 20.2 Å². The first kappa shape index (κ1) is 11.6. The van der Waals surface area contributed by atoms with Gasteiger partial charge in [0.25, 0.3) is 10.2 Å². The first-order valence-electron chi connectivity index (χ1n) is 4.07. The molecule has 16 heavy (non-hydrogen) atoms. The van der Waals surface area contributed by atoms with Crippen molar-refractivity contribution in [1.29, 1.82) is 0 Å². The standard InChI is InChI=1S/C7H7N3O6/c11-9(12)15-4-6-2-1-3-7(8-6)5-16-10(13)14/h1-3H,4-5H2. The third-order valence-electron chi connectivity index (χ3n) is 1.50. The first-order chi connectivity index (χ1) is 7.58. The highest BCUT2D eigenvalue weighted by Gasteiger charge is 2.03. The molecule has 1 rings (SSSR count). The molecule has 0 N–H and O–H groups in total. The van der Waals surface area contributed by atoms with E-state index in [1.807, 2.05) is 0 Å². The van der Waals surface area contributed by atoms with Crippen LogP contribution in [0.25, 0.3) is 0 Å².